The Morgan fingerprint density at radius 3 is 2.57 bits per heavy atom. The number of hydrogen-bond acceptors (Lipinski definition) is 6. The molecule has 0 radical (unpaired) electrons. The van der Waals surface area contributed by atoms with E-state index < -0.39 is 0 Å². The van der Waals surface area contributed by atoms with E-state index in [2.05, 4.69) is 14.8 Å². The van der Waals surface area contributed by atoms with E-state index in [9.17, 15) is 0 Å². The lowest BCUT2D eigenvalue weighted by atomic mass is 10.0. The zero-order valence-electron chi connectivity index (χ0n) is 12.5. The summed E-state index contributed by atoms with van der Waals surface area (Å²) >= 11 is 6.39. The predicted octanol–water partition coefficient (Wildman–Crippen LogP) is 3.46. The van der Waals surface area contributed by atoms with Crippen molar-refractivity contribution >= 4 is 40.2 Å². The van der Waals surface area contributed by atoms with Crippen molar-refractivity contribution in [3.63, 3.8) is 0 Å². The van der Waals surface area contributed by atoms with Gasteiger partial charge in [0.25, 0.3) is 5.17 Å². The van der Waals surface area contributed by atoms with Crippen LogP contribution in [0.3, 0.4) is 0 Å². The Morgan fingerprint density at radius 1 is 1.17 bits per heavy atom. The number of nitriles is 1. The number of fused-ring (bicyclic) bond motifs is 1. The molecule has 0 amide bonds. The second-order valence-corrected chi connectivity index (χ2v) is 5.90. The van der Waals surface area contributed by atoms with Gasteiger partial charge in [0.2, 0.25) is 0 Å². The molecule has 0 aliphatic rings. The van der Waals surface area contributed by atoms with Crippen LogP contribution in [0.15, 0.2) is 36.4 Å². The molecule has 0 fully saturated rings. The Bertz CT molecular complexity index is 910. The third kappa shape index (κ3) is 2.99. The molecule has 23 heavy (non-hydrogen) atoms. The van der Waals surface area contributed by atoms with Gasteiger partial charge >= 0.3 is 0 Å². The summed E-state index contributed by atoms with van der Waals surface area (Å²) in [4.78, 5) is 1.72. The molecule has 7 heteroatoms. The largest absolute Gasteiger partial charge is 0.431 e. The van der Waals surface area contributed by atoms with Gasteiger partial charge in [-0.2, -0.15) is 14.0 Å². The summed E-state index contributed by atoms with van der Waals surface area (Å²) in [6.45, 7) is 0. The lowest BCUT2D eigenvalue weighted by molar-refractivity contribution is 0.451. The maximum absolute atomic E-state index is 8.95. The minimum Gasteiger partial charge on any atom is -0.431 e. The van der Waals surface area contributed by atoms with Gasteiger partial charge < -0.3 is 9.64 Å². The highest BCUT2D eigenvalue weighted by Gasteiger charge is 2.16. The first-order valence-corrected chi connectivity index (χ1v) is 7.89. The maximum Gasteiger partial charge on any atom is 0.264 e. The number of aromatic nitrogens is 2. The SMILES string of the molecule is CN(C)C(=S)Oc1ccc2nsnc2c1-c1ccc(C#N)cc1. The Morgan fingerprint density at radius 2 is 1.91 bits per heavy atom. The third-order valence-electron chi connectivity index (χ3n) is 3.25. The Balaban J connectivity index is 2.16. The number of ether oxygens (including phenoxy) is 1. The smallest absolute Gasteiger partial charge is 0.264 e. The normalized spacial score (nSPS) is 10.3. The quantitative estimate of drug-likeness (QED) is 0.666. The predicted molar refractivity (Wildman–Crippen MR) is 94.5 cm³/mol. The molecule has 3 rings (SSSR count). The van der Waals surface area contributed by atoms with Crippen molar-refractivity contribution in [1.82, 2.24) is 13.6 Å². The van der Waals surface area contributed by atoms with Crippen LogP contribution in [0.4, 0.5) is 0 Å². The van der Waals surface area contributed by atoms with Crippen molar-refractivity contribution < 1.29 is 4.74 Å². The van der Waals surface area contributed by atoms with Crippen molar-refractivity contribution in [2.75, 3.05) is 14.1 Å². The van der Waals surface area contributed by atoms with Gasteiger partial charge in [-0.05, 0) is 42.0 Å². The van der Waals surface area contributed by atoms with Gasteiger partial charge in [-0.15, -0.1) is 0 Å². The average molecular weight is 340 g/mol. The number of thiocarbonyl (C=S) groups is 1. The lowest BCUT2D eigenvalue weighted by Gasteiger charge is -2.16. The fourth-order valence-corrected chi connectivity index (χ4v) is 2.73. The van der Waals surface area contributed by atoms with Gasteiger partial charge in [-0.3, -0.25) is 0 Å². The molecule has 1 aromatic heterocycles. The number of hydrogen-bond donors (Lipinski definition) is 0. The van der Waals surface area contributed by atoms with Crippen molar-refractivity contribution in [3.8, 4) is 22.9 Å². The van der Waals surface area contributed by atoms with Crippen molar-refractivity contribution in [2.24, 2.45) is 0 Å². The first-order chi connectivity index (χ1) is 11.1. The molecule has 0 unspecified atom stereocenters. The van der Waals surface area contributed by atoms with Crippen LogP contribution in [-0.2, 0) is 0 Å². The molecule has 0 atom stereocenters. The van der Waals surface area contributed by atoms with E-state index in [1.165, 1.54) is 0 Å². The molecular formula is C16H12N4OS2. The number of benzene rings is 2. The average Bonchev–Trinajstić information content (AvgIpc) is 3.03. The van der Waals surface area contributed by atoms with Crippen LogP contribution in [0, 0.1) is 11.3 Å². The fraction of sp³-hybridized carbons (Fsp3) is 0.125. The Kier molecular flexibility index (Phi) is 4.19. The summed E-state index contributed by atoms with van der Waals surface area (Å²) in [6.07, 6.45) is 0. The fourth-order valence-electron chi connectivity index (χ4n) is 2.09. The zero-order chi connectivity index (χ0) is 16.4. The van der Waals surface area contributed by atoms with Gasteiger partial charge in [0.05, 0.1) is 28.9 Å². The maximum atomic E-state index is 8.95. The first kappa shape index (κ1) is 15.3. The van der Waals surface area contributed by atoms with E-state index in [1.807, 2.05) is 38.4 Å². The van der Waals surface area contributed by atoms with Crippen LogP contribution in [-0.4, -0.2) is 32.9 Å². The van der Waals surface area contributed by atoms with E-state index in [1.54, 1.807) is 17.0 Å². The van der Waals surface area contributed by atoms with E-state index in [4.69, 9.17) is 22.2 Å². The molecule has 0 bridgehead atoms. The topological polar surface area (TPSA) is 62.0 Å². The van der Waals surface area contributed by atoms with Gasteiger partial charge in [0, 0.05) is 14.1 Å². The highest BCUT2D eigenvalue weighted by Crippen LogP contribution is 2.36. The lowest BCUT2D eigenvalue weighted by Crippen LogP contribution is -2.25. The molecule has 2 aromatic carbocycles. The minimum atomic E-state index is 0.363. The van der Waals surface area contributed by atoms with E-state index in [-0.39, 0.29) is 0 Å². The van der Waals surface area contributed by atoms with Gasteiger partial charge in [-0.1, -0.05) is 12.1 Å². The minimum absolute atomic E-state index is 0.363. The first-order valence-electron chi connectivity index (χ1n) is 6.75. The molecule has 0 saturated heterocycles. The molecule has 114 valence electrons. The van der Waals surface area contributed by atoms with E-state index in [0.717, 1.165) is 33.9 Å². The second-order valence-electron chi connectivity index (χ2n) is 5.02. The van der Waals surface area contributed by atoms with Crippen LogP contribution >= 0.6 is 23.9 Å². The highest BCUT2D eigenvalue weighted by molar-refractivity contribution is 7.80. The van der Waals surface area contributed by atoms with E-state index in [0.29, 0.717) is 16.5 Å². The standard InChI is InChI=1S/C16H12N4OS2/c1-20(2)16(22)21-13-8-7-12-15(19-23-18-12)14(13)11-5-3-10(9-17)4-6-11/h3-8H,1-2H3. The van der Waals surface area contributed by atoms with Crippen LogP contribution < -0.4 is 4.74 Å². The molecule has 1 heterocycles. The summed E-state index contributed by atoms with van der Waals surface area (Å²) in [6, 6.07) is 13.1. The van der Waals surface area contributed by atoms with E-state index >= 15 is 0 Å². The monoisotopic (exact) mass is 340 g/mol. The summed E-state index contributed by atoms with van der Waals surface area (Å²) in [5.41, 5.74) is 3.89. The van der Waals surface area contributed by atoms with Crippen LogP contribution in [0.1, 0.15) is 5.56 Å². The molecule has 3 aromatic rings. The molecular weight excluding hydrogens is 328 g/mol. The molecule has 0 spiro atoms. The van der Waals surface area contributed by atoms with Gasteiger partial charge in [0.1, 0.15) is 16.8 Å². The van der Waals surface area contributed by atoms with Crippen molar-refractivity contribution in [1.29, 1.82) is 5.26 Å². The summed E-state index contributed by atoms with van der Waals surface area (Å²) in [5, 5.41) is 9.32. The van der Waals surface area contributed by atoms with Crippen LogP contribution in [0.25, 0.3) is 22.2 Å². The highest BCUT2D eigenvalue weighted by atomic mass is 32.1. The van der Waals surface area contributed by atoms with Crippen molar-refractivity contribution in [3.05, 3.63) is 42.0 Å². The molecule has 0 N–H and O–H groups in total. The van der Waals surface area contributed by atoms with Gasteiger partial charge in [0.15, 0.2) is 0 Å². The zero-order valence-corrected chi connectivity index (χ0v) is 14.1. The van der Waals surface area contributed by atoms with Crippen LogP contribution in [0.2, 0.25) is 0 Å². The summed E-state index contributed by atoms with van der Waals surface area (Å²) in [7, 11) is 3.65. The van der Waals surface area contributed by atoms with Crippen LogP contribution in [0.5, 0.6) is 5.75 Å². The summed E-state index contributed by atoms with van der Waals surface area (Å²) < 4.78 is 14.5. The summed E-state index contributed by atoms with van der Waals surface area (Å²) in [5.74, 6) is 0.619. The van der Waals surface area contributed by atoms with Crippen molar-refractivity contribution in [2.45, 2.75) is 0 Å². The number of rotatable bonds is 2. The molecule has 0 aliphatic heterocycles. The molecule has 0 aliphatic carbocycles. The second kappa shape index (κ2) is 6.28. The Labute approximate surface area is 143 Å². The Hall–Kier alpha value is -2.56. The molecule has 5 nitrogen and oxygen atoms in total. The number of nitrogens with zero attached hydrogens (tertiary/aromatic N) is 4. The third-order valence-corrected chi connectivity index (χ3v) is 4.25. The molecule has 0 saturated carbocycles. The van der Waals surface area contributed by atoms with Gasteiger partial charge in [-0.25, -0.2) is 0 Å².